The Morgan fingerprint density at radius 3 is 2.11 bits per heavy atom. The zero-order valence-electron chi connectivity index (χ0n) is 9.79. The molecule has 2 N–H and O–H groups in total. The summed E-state index contributed by atoms with van der Waals surface area (Å²) in [5, 5.41) is 0. The minimum absolute atomic E-state index is 0.222. The molecule has 0 fully saturated rings. The molecule has 100 valence electrons. The summed E-state index contributed by atoms with van der Waals surface area (Å²) < 4.78 is 51.0. The van der Waals surface area contributed by atoms with E-state index in [1.54, 1.807) is 30.3 Å². The molecule has 5 heteroatoms. The van der Waals surface area contributed by atoms with Gasteiger partial charge in [0, 0.05) is 0 Å². The average Bonchev–Trinajstić information content (AvgIpc) is 2.38. The average molecular weight is 269 g/mol. The second-order valence-corrected chi connectivity index (χ2v) is 4.13. The lowest BCUT2D eigenvalue weighted by Crippen LogP contribution is -2.15. The Labute approximate surface area is 107 Å². The van der Waals surface area contributed by atoms with Crippen LogP contribution in [0.3, 0.4) is 0 Å². The first-order chi connectivity index (χ1) is 8.89. The summed E-state index contributed by atoms with van der Waals surface area (Å²) in [6.07, 6.45) is -4.73. The van der Waals surface area contributed by atoms with E-state index in [1.807, 2.05) is 0 Å². The molecule has 0 bridgehead atoms. The summed E-state index contributed by atoms with van der Waals surface area (Å²) in [5.41, 5.74) is 5.48. The molecule has 2 aromatic rings. The van der Waals surface area contributed by atoms with Crippen LogP contribution in [0.15, 0.2) is 48.5 Å². The van der Waals surface area contributed by atoms with Crippen molar-refractivity contribution < 1.29 is 17.6 Å². The predicted molar refractivity (Wildman–Crippen MR) is 63.9 cm³/mol. The summed E-state index contributed by atoms with van der Waals surface area (Å²) in [5.74, 6) is -1.29. The van der Waals surface area contributed by atoms with Gasteiger partial charge in [-0.25, -0.2) is 4.39 Å². The van der Waals surface area contributed by atoms with Crippen molar-refractivity contribution in [3.63, 3.8) is 0 Å². The molecule has 0 saturated carbocycles. The van der Waals surface area contributed by atoms with Crippen molar-refractivity contribution in [2.45, 2.75) is 12.2 Å². The van der Waals surface area contributed by atoms with Gasteiger partial charge < -0.3 is 5.73 Å². The zero-order valence-corrected chi connectivity index (χ0v) is 9.79. The fourth-order valence-corrected chi connectivity index (χ4v) is 1.81. The second-order valence-electron chi connectivity index (χ2n) is 4.13. The molecule has 1 nitrogen and oxygen atoms in total. The van der Waals surface area contributed by atoms with Crippen LogP contribution in [0, 0.1) is 5.82 Å². The lowest BCUT2D eigenvalue weighted by molar-refractivity contribution is -0.140. The maximum atomic E-state index is 13.2. The van der Waals surface area contributed by atoms with Crippen LogP contribution in [0.1, 0.15) is 22.7 Å². The number of nitrogens with two attached hydrogens (primary N) is 1. The molecule has 19 heavy (non-hydrogen) atoms. The van der Waals surface area contributed by atoms with Gasteiger partial charge >= 0.3 is 6.18 Å². The lowest BCUT2D eigenvalue weighted by atomic mass is 9.97. The Kier molecular flexibility index (Phi) is 3.57. The molecule has 0 heterocycles. The topological polar surface area (TPSA) is 26.0 Å². The highest BCUT2D eigenvalue weighted by molar-refractivity contribution is 5.35. The first-order valence-corrected chi connectivity index (χ1v) is 5.57. The SMILES string of the molecule is N[C@@H](c1ccccc1)c1ccc(F)c(C(F)(F)F)c1. The third-order valence-corrected chi connectivity index (χ3v) is 2.81. The molecule has 0 aliphatic heterocycles. The van der Waals surface area contributed by atoms with Gasteiger partial charge in [-0.15, -0.1) is 0 Å². The van der Waals surface area contributed by atoms with E-state index in [0.717, 1.165) is 12.1 Å². The van der Waals surface area contributed by atoms with Gasteiger partial charge in [-0.05, 0) is 23.3 Å². The Morgan fingerprint density at radius 1 is 0.895 bits per heavy atom. The third kappa shape index (κ3) is 2.93. The largest absolute Gasteiger partial charge is 0.419 e. The minimum Gasteiger partial charge on any atom is -0.320 e. The van der Waals surface area contributed by atoms with Gasteiger partial charge in [0.2, 0.25) is 0 Å². The number of hydrogen-bond acceptors (Lipinski definition) is 1. The van der Waals surface area contributed by atoms with Crippen LogP contribution < -0.4 is 5.73 Å². The van der Waals surface area contributed by atoms with Crippen LogP contribution in [0.25, 0.3) is 0 Å². The molecule has 0 saturated heterocycles. The molecule has 0 spiro atoms. The minimum atomic E-state index is -4.73. The maximum absolute atomic E-state index is 13.2. The Morgan fingerprint density at radius 2 is 1.53 bits per heavy atom. The van der Waals surface area contributed by atoms with Crippen LogP contribution in [0.5, 0.6) is 0 Å². The van der Waals surface area contributed by atoms with E-state index in [-0.39, 0.29) is 5.56 Å². The van der Waals surface area contributed by atoms with Crippen LogP contribution >= 0.6 is 0 Å². The number of hydrogen-bond donors (Lipinski definition) is 1. The van der Waals surface area contributed by atoms with E-state index < -0.39 is 23.6 Å². The highest BCUT2D eigenvalue weighted by atomic mass is 19.4. The van der Waals surface area contributed by atoms with Crippen molar-refractivity contribution >= 4 is 0 Å². The van der Waals surface area contributed by atoms with Crippen molar-refractivity contribution in [3.05, 3.63) is 71.0 Å². The smallest absolute Gasteiger partial charge is 0.320 e. The van der Waals surface area contributed by atoms with E-state index >= 15 is 0 Å². The highest BCUT2D eigenvalue weighted by Gasteiger charge is 2.34. The van der Waals surface area contributed by atoms with Crippen LogP contribution in [-0.2, 0) is 6.18 Å². The Hall–Kier alpha value is -1.88. The van der Waals surface area contributed by atoms with Gasteiger partial charge in [-0.3, -0.25) is 0 Å². The standard InChI is InChI=1S/C14H11F4N/c15-12-7-6-10(8-11(12)14(16,17)18)13(19)9-4-2-1-3-5-9/h1-8,13H,19H2/t13-/m0/s1. The number of rotatable bonds is 2. The second kappa shape index (κ2) is 5.01. The van der Waals surface area contributed by atoms with Gasteiger partial charge in [0.1, 0.15) is 5.82 Å². The molecule has 1 atom stereocenters. The van der Waals surface area contributed by atoms with Crippen molar-refractivity contribution in [2.75, 3.05) is 0 Å². The summed E-state index contributed by atoms with van der Waals surface area (Å²) >= 11 is 0. The Balaban J connectivity index is 2.42. The molecule has 2 aromatic carbocycles. The predicted octanol–water partition coefficient (Wildman–Crippen LogP) is 3.89. The number of alkyl halides is 3. The van der Waals surface area contributed by atoms with Crippen molar-refractivity contribution in [3.8, 4) is 0 Å². The third-order valence-electron chi connectivity index (χ3n) is 2.81. The van der Waals surface area contributed by atoms with Crippen molar-refractivity contribution in [1.29, 1.82) is 0 Å². The monoisotopic (exact) mass is 269 g/mol. The molecule has 0 aliphatic carbocycles. The van der Waals surface area contributed by atoms with Crippen molar-refractivity contribution in [1.82, 2.24) is 0 Å². The van der Waals surface area contributed by atoms with E-state index in [2.05, 4.69) is 0 Å². The first kappa shape index (κ1) is 13.5. The summed E-state index contributed by atoms with van der Waals surface area (Å²) in [6.45, 7) is 0. The Bertz CT molecular complexity index is 563. The first-order valence-electron chi connectivity index (χ1n) is 5.57. The molecular formula is C14H11F4N. The van der Waals surface area contributed by atoms with Gasteiger partial charge in [-0.1, -0.05) is 36.4 Å². The quantitative estimate of drug-likeness (QED) is 0.822. The summed E-state index contributed by atoms with van der Waals surface area (Å²) in [6, 6.07) is 10.8. The molecule has 2 rings (SSSR count). The number of halogens is 4. The van der Waals surface area contributed by atoms with E-state index in [4.69, 9.17) is 5.73 Å². The maximum Gasteiger partial charge on any atom is 0.419 e. The van der Waals surface area contributed by atoms with E-state index in [9.17, 15) is 17.6 Å². The van der Waals surface area contributed by atoms with Crippen LogP contribution in [-0.4, -0.2) is 0 Å². The molecule has 0 amide bonds. The fraction of sp³-hybridized carbons (Fsp3) is 0.143. The number of benzene rings is 2. The highest BCUT2D eigenvalue weighted by Crippen LogP contribution is 2.33. The molecule has 0 radical (unpaired) electrons. The van der Waals surface area contributed by atoms with Gasteiger partial charge in [0.25, 0.3) is 0 Å². The van der Waals surface area contributed by atoms with Crippen LogP contribution in [0.2, 0.25) is 0 Å². The lowest BCUT2D eigenvalue weighted by Gasteiger charge is -2.15. The normalized spacial score (nSPS) is 13.3. The molecule has 0 aromatic heterocycles. The van der Waals surface area contributed by atoms with Gasteiger partial charge in [0.05, 0.1) is 11.6 Å². The van der Waals surface area contributed by atoms with Gasteiger partial charge in [-0.2, -0.15) is 13.2 Å². The van der Waals surface area contributed by atoms with Gasteiger partial charge in [0.15, 0.2) is 0 Å². The molecule has 0 aliphatic rings. The fourth-order valence-electron chi connectivity index (χ4n) is 1.81. The van der Waals surface area contributed by atoms with E-state index in [0.29, 0.717) is 5.56 Å². The van der Waals surface area contributed by atoms with Crippen molar-refractivity contribution in [2.24, 2.45) is 5.73 Å². The van der Waals surface area contributed by atoms with E-state index in [1.165, 1.54) is 6.07 Å². The molecule has 0 unspecified atom stereocenters. The zero-order chi connectivity index (χ0) is 14.0. The summed E-state index contributed by atoms with van der Waals surface area (Å²) in [4.78, 5) is 0. The summed E-state index contributed by atoms with van der Waals surface area (Å²) in [7, 11) is 0. The molecular weight excluding hydrogens is 258 g/mol. The van der Waals surface area contributed by atoms with Crippen LogP contribution in [0.4, 0.5) is 17.6 Å².